The van der Waals surface area contributed by atoms with Gasteiger partial charge in [0.1, 0.15) is 5.82 Å². The Morgan fingerprint density at radius 1 is 1.15 bits per heavy atom. The van der Waals surface area contributed by atoms with Crippen LogP contribution in [0.3, 0.4) is 0 Å². The van der Waals surface area contributed by atoms with Gasteiger partial charge in [0.05, 0.1) is 0 Å². The lowest BCUT2D eigenvalue weighted by atomic mass is 9.71. The largest absolute Gasteiger partial charge is 0.312 e. The van der Waals surface area contributed by atoms with E-state index in [0.717, 1.165) is 12.5 Å². The lowest BCUT2D eigenvalue weighted by molar-refractivity contribution is 0.227. The van der Waals surface area contributed by atoms with Crippen molar-refractivity contribution in [3.05, 3.63) is 35.6 Å². The molecule has 3 unspecified atom stereocenters. The third-order valence-electron chi connectivity index (χ3n) is 4.45. The number of benzene rings is 1. The molecule has 0 heterocycles. The minimum atomic E-state index is -0.137. The molecule has 1 N–H and O–H groups in total. The smallest absolute Gasteiger partial charge is 0.123 e. The SMILES string of the molecule is CC1CCC(CNC(C)(C)C)C(c2ccc(F)cc2)C1. The van der Waals surface area contributed by atoms with Crippen molar-refractivity contribution in [1.82, 2.24) is 5.32 Å². The molecule has 0 aliphatic heterocycles. The summed E-state index contributed by atoms with van der Waals surface area (Å²) in [5, 5.41) is 3.64. The van der Waals surface area contributed by atoms with Gasteiger partial charge in [-0.1, -0.05) is 25.5 Å². The zero-order valence-corrected chi connectivity index (χ0v) is 13.2. The van der Waals surface area contributed by atoms with E-state index in [-0.39, 0.29) is 11.4 Å². The van der Waals surface area contributed by atoms with Crippen molar-refractivity contribution in [3.8, 4) is 0 Å². The summed E-state index contributed by atoms with van der Waals surface area (Å²) in [6, 6.07) is 7.15. The molecule has 1 aliphatic carbocycles. The molecule has 2 heteroatoms. The molecular formula is C18H28FN. The van der Waals surface area contributed by atoms with E-state index in [2.05, 4.69) is 33.0 Å². The van der Waals surface area contributed by atoms with E-state index in [1.54, 1.807) is 12.1 Å². The molecule has 0 spiro atoms. The van der Waals surface area contributed by atoms with Crippen LogP contribution in [-0.4, -0.2) is 12.1 Å². The van der Waals surface area contributed by atoms with Crippen LogP contribution in [0, 0.1) is 17.7 Å². The average molecular weight is 277 g/mol. The van der Waals surface area contributed by atoms with Crippen molar-refractivity contribution in [2.45, 2.75) is 58.4 Å². The Balaban J connectivity index is 2.10. The maximum absolute atomic E-state index is 13.1. The van der Waals surface area contributed by atoms with Crippen molar-refractivity contribution >= 4 is 0 Å². The van der Waals surface area contributed by atoms with E-state index in [1.807, 2.05) is 12.1 Å². The molecule has 0 bridgehead atoms. The minimum Gasteiger partial charge on any atom is -0.312 e. The molecule has 1 aliphatic rings. The summed E-state index contributed by atoms with van der Waals surface area (Å²) in [6.45, 7) is 10.0. The van der Waals surface area contributed by atoms with E-state index >= 15 is 0 Å². The first kappa shape index (κ1) is 15.5. The number of halogens is 1. The van der Waals surface area contributed by atoms with Gasteiger partial charge in [0.25, 0.3) is 0 Å². The van der Waals surface area contributed by atoms with Gasteiger partial charge in [-0.15, -0.1) is 0 Å². The highest BCUT2D eigenvalue weighted by atomic mass is 19.1. The molecule has 1 aromatic rings. The Morgan fingerprint density at radius 3 is 2.40 bits per heavy atom. The Labute approximate surface area is 123 Å². The van der Waals surface area contributed by atoms with Crippen molar-refractivity contribution in [3.63, 3.8) is 0 Å². The van der Waals surface area contributed by atoms with Crippen LogP contribution in [0.4, 0.5) is 4.39 Å². The van der Waals surface area contributed by atoms with Crippen molar-refractivity contribution in [1.29, 1.82) is 0 Å². The maximum Gasteiger partial charge on any atom is 0.123 e. The van der Waals surface area contributed by atoms with E-state index in [4.69, 9.17) is 0 Å². The Morgan fingerprint density at radius 2 is 1.80 bits per heavy atom. The highest BCUT2D eigenvalue weighted by Crippen LogP contribution is 2.40. The van der Waals surface area contributed by atoms with Gasteiger partial charge in [-0.25, -0.2) is 4.39 Å². The Bertz CT molecular complexity index is 418. The van der Waals surface area contributed by atoms with Gasteiger partial charge in [-0.05, 0) is 75.6 Å². The van der Waals surface area contributed by atoms with Crippen LogP contribution in [0.1, 0.15) is 58.4 Å². The van der Waals surface area contributed by atoms with Crippen molar-refractivity contribution < 1.29 is 4.39 Å². The first-order valence-electron chi connectivity index (χ1n) is 7.85. The summed E-state index contributed by atoms with van der Waals surface area (Å²) in [6.07, 6.45) is 3.81. The van der Waals surface area contributed by atoms with Gasteiger partial charge in [0.15, 0.2) is 0 Å². The summed E-state index contributed by atoms with van der Waals surface area (Å²) in [7, 11) is 0. The van der Waals surface area contributed by atoms with E-state index in [0.29, 0.717) is 11.8 Å². The first-order valence-corrected chi connectivity index (χ1v) is 7.85. The van der Waals surface area contributed by atoms with Crippen LogP contribution in [-0.2, 0) is 0 Å². The number of hydrogen-bond acceptors (Lipinski definition) is 1. The van der Waals surface area contributed by atoms with Gasteiger partial charge in [0, 0.05) is 5.54 Å². The Kier molecular flexibility index (Phi) is 4.85. The predicted molar refractivity (Wildman–Crippen MR) is 83.4 cm³/mol. The van der Waals surface area contributed by atoms with E-state index < -0.39 is 0 Å². The summed E-state index contributed by atoms with van der Waals surface area (Å²) in [5.74, 6) is 1.86. The number of hydrogen-bond donors (Lipinski definition) is 1. The molecule has 3 atom stereocenters. The van der Waals surface area contributed by atoms with Crippen LogP contribution < -0.4 is 5.32 Å². The lowest BCUT2D eigenvalue weighted by Gasteiger charge is -2.37. The second-order valence-electron chi connectivity index (χ2n) is 7.47. The first-order chi connectivity index (χ1) is 9.35. The van der Waals surface area contributed by atoms with Gasteiger partial charge < -0.3 is 5.32 Å². The monoisotopic (exact) mass is 277 g/mol. The van der Waals surface area contributed by atoms with E-state index in [9.17, 15) is 4.39 Å². The molecule has 0 radical (unpaired) electrons. The van der Waals surface area contributed by atoms with Crippen LogP contribution in [0.15, 0.2) is 24.3 Å². The second-order valence-corrected chi connectivity index (χ2v) is 7.47. The van der Waals surface area contributed by atoms with Crippen LogP contribution >= 0.6 is 0 Å². The molecule has 2 rings (SSSR count). The zero-order chi connectivity index (χ0) is 14.8. The molecule has 1 aromatic carbocycles. The standard InChI is InChI=1S/C18H28FN/c1-13-5-6-15(12-20-18(2,3)4)17(11-13)14-7-9-16(19)10-8-14/h7-10,13,15,17,20H,5-6,11-12H2,1-4H3. The molecule has 20 heavy (non-hydrogen) atoms. The van der Waals surface area contributed by atoms with Crippen LogP contribution in [0.5, 0.6) is 0 Å². The highest BCUT2D eigenvalue weighted by Gasteiger charge is 2.30. The molecule has 1 nitrogen and oxygen atoms in total. The predicted octanol–water partition coefficient (Wildman–Crippen LogP) is 4.73. The molecule has 0 amide bonds. The lowest BCUT2D eigenvalue weighted by Crippen LogP contribution is -2.41. The summed E-state index contributed by atoms with van der Waals surface area (Å²) in [5.41, 5.74) is 1.47. The second kappa shape index (κ2) is 6.26. The van der Waals surface area contributed by atoms with Gasteiger partial charge in [-0.3, -0.25) is 0 Å². The Hall–Kier alpha value is -0.890. The molecule has 1 fully saturated rings. The third-order valence-corrected chi connectivity index (χ3v) is 4.45. The third kappa shape index (κ3) is 4.31. The zero-order valence-electron chi connectivity index (χ0n) is 13.2. The van der Waals surface area contributed by atoms with Gasteiger partial charge in [-0.2, -0.15) is 0 Å². The summed E-state index contributed by atoms with van der Waals surface area (Å²) in [4.78, 5) is 0. The minimum absolute atomic E-state index is 0.137. The summed E-state index contributed by atoms with van der Waals surface area (Å²) >= 11 is 0. The van der Waals surface area contributed by atoms with Crippen LogP contribution in [0.2, 0.25) is 0 Å². The normalized spacial score (nSPS) is 27.6. The van der Waals surface area contributed by atoms with Gasteiger partial charge >= 0.3 is 0 Å². The van der Waals surface area contributed by atoms with Gasteiger partial charge in [0.2, 0.25) is 0 Å². The fraction of sp³-hybridized carbons (Fsp3) is 0.667. The van der Waals surface area contributed by atoms with E-state index in [1.165, 1.54) is 24.8 Å². The van der Waals surface area contributed by atoms with Crippen molar-refractivity contribution in [2.24, 2.45) is 11.8 Å². The molecule has 112 valence electrons. The maximum atomic E-state index is 13.1. The number of nitrogens with one attached hydrogen (secondary N) is 1. The molecule has 1 saturated carbocycles. The quantitative estimate of drug-likeness (QED) is 0.842. The fourth-order valence-corrected chi connectivity index (χ4v) is 3.24. The highest BCUT2D eigenvalue weighted by molar-refractivity contribution is 5.22. The molecular weight excluding hydrogens is 249 g/mol. The van der Waals surface area contributed by atoms with Crippen molar-refractivity contribution in [2.75, 3.05) is 6.54 Å². The average Bonchev–Trinajstić information content (AvgIpc) is 2.37. The molecule has 0 aromatic heterocycles. The topological polar surface area (TPSA) is 12.0 Å². The number of rotatable bonds is 3. The fourth-order valence-electron chi connectivity index (χ4n) is 3.24. The van der Waals surface area contributed by atoms with Crippen LogP contribution in [0.25, 0.3) is 0 Å². The molecule has 0 saturated heterocycles. The summed E-state index contributed by atoms with van der Waals surface area (Å²) < 4.78 is 13.1.